The van der Waals surface area contributed by atoms with E-state index in [9.17, 15) is 9.59 Å². The Morgan fingerprint density at radius 3 is 2.48 bits per heavy atom. The number of nitrogens with one attached hydrogen (secondary N) is 2. The molecule has 2 aromatic rings. The zero-order valence-corrected chi connectivity index (χ0v) is 14.5. The first-order chi connectivity index (χ1) is 12.0. The van der Waals surface area contributed by atoms with Gasteiger partial charge in [0, 0.05) is 35.3 Å². The lowest BCUT2D eigenvalue weighted by Crippen LogP contribution is -2.26. The molecule has 0 atom stereocenters. The standard InChI is InChI=1S/C17H21N5O3/c1-4-25-17(24)20-8-14-7-13(5-6-18-14)16(23)19-9-15-11(2)21-10-22-12(15)3/h5-7,10H,4,8-9H2,1-3H3,(H,19,23)(H,20,24). The molecular weight excluding hydrogens is 322 g/mol. The molecule has 0 unspecified atom stereocenters. The molecule has 0 fully saturated rings. The summed E-state index contributed by atoms with van der Waals surface area (Å²) in [6.45, 7) is 6.30. The fraction of sp³-hybridized carbons (Fsp3) is 0.353. The topological polar surface area (TPSA) is 106 Å². The van der Waals surface area contributed by atoms with Crippen molar-refractivity contribution in [1.82, 2.24) is 25.6 Å². The second kappa shape index (κ2) is 8.72. The van der Waals surface area contributed by atoms with E-state index in [1.165, 1.54) is 12.5 Å². The molecule has 8 nitrogen and oxygen atoms in total. The Hall–Kier alpha value is -3.03. The maximum atomic E-state index is 12.3. The lowest BCUT2D eigenvalue weighted by Gasteiger charge is -2.10. The van der Waals surface area contributed by atoms with Gasteiger partial charge in [-0.05, 0) is 32.9 Å². The number of hydrogen-bond acceptors (Lipinski definition) is 6. The molecule has 2 N–H and O–H groups in total. The molecule has 2 heterocycles. The van der Waals surface area contributed by atoms with Crippen molar-refractivity contribution in [3.8, 4) is 0 Å². The average molecular weight is 343 g/mol. The minimum absolute atomic E-state index is 0.185. The van der Waals surface area contributed by atoms with Crippen LogP contribution in [0.15, 0.2) is 24.7 Å². The van der Waals surface area contributed by atoms with Crippen LogP contribution in [0.3, 0.4) is 0 Å². The van der Waals surface area contributed by atoms with Crippen molar-refractivity contribution in [3.63, 3.8) is 0 Å². The molecule has 2 amide bonds. The predicted molar refractivity (Wildman–Crippen MR) is 90.8 cm³/mol. The molecule has 0 spiro atoms. The number of amides is 2. The Morgan fingerprint density at radius 2 is 1.80 bits per heavy atom. The molecule has 0 aromatic carbocycles. The molecular formula is C17H21N5O3. The van der Waals surface area contributed by atoms with Gasteiger partial charge < -0.3 is 15.4 Å². The normalized spacial score (nSPS) is 10.2. The van der Waals surface area contributed by atoms with E-state index in [-0.39, 0.29) is 12.5 Å². The summed E-state index contributed by atoms with van der Waals surface area (Å²) in [5, 5.41) is 5.42. The Morgan fingerprint density at radius 1 is 1.08 bits per heavy atom. The first-order valence-electron chi connectivity index (χ1n) is 7.92. The highest BCUT2D eigenvalue weighted by molar-refractivity contribution is 5.94. The second-order valence-corrected chi connectivity index (χ2v) is 5.32. The van der Waals surface area contributed by atoms with Gasteiger partial charge >= 0.3 is 6.09 Å². The lowest BCUT2D eigenvalue weighted by molar-refractivity contribution is 0.0950. The van der Waals surface area contributed by atoms with Crippen molar-refractivity contribution in [2.75, 3.05) is 6.61 Å². The third-order valence-corrected chi connectivity index (χ3v) is 3.57. The van der Waals surface area contributed by atoms with Crippen molar-refractivity contribution >= 4 is 12.0 Å². The van der Waals surface area contributed by atoms with Crippen molar-refractivity contribution in [2.24, 2.45) is 0 Å². The summed E-state index contributed by atoms with van der Waals surface area (Å²) in [4.78, 5) is 36.1. The number of rotatable bonds is 6. The first kappa shape index (κ1) is 18.3. The maximum absolute atomic E-state index is 12.3. The number of pyridine rings is 1. The third-order valence-electron chi connectivity index (χ3n) is 3.57. The van der Waals surface area contributed by atoms with Crippen molar-refractivity contribution < 1.29 is 14.3 Å². The van der Waals surface area contributed by atoms with Crippen LogP contribution in [0.4, 0.5) is 4.79 Å². The second-order valence-electron chi connectivity index (χ2n) is 5.32. The Labute approximate surface area is 146 Å². The van der Waals surface area contributed by atoms with E-state index in [1.54, 1.807) is 19.1 Å². The SMILES string of the molecule is CCOC(=O)NCc1cc(C(=O)NCc2c(C)ncnc2C)ccn1. The van der Waals surface area contributed by atoms with Crippen molar-refractivity contribution in [2.45, 2.75) is 33.9 Å². The monoisotopic (exact) mass is 343 g/mol. The molecule has 0 radical (unpaired) electrons. The number of nitrogens with zero attached hydrogens (tertiary/aromatic N) is 3. The molecule has 0 saturated heterocycles. The number of hydrogen-bond donors (Lipinski definition) is 2. The molecule has 25 heavy (non-hydrogen) atoms. The van der Waals surface area contributed by atoms with Gasteiger partial charge in [0.2, 0.25) is 0 Å². The third kappa shape index (κ3) is 5.23. The van der Waals surface area contributed by atoms with Crippen LogP contribution >= 0.6 is 0 Å². The van der Waals surface area contributed by atoms with Gasteiger partial charge in [-0.2, -0.15) is 0 Å². The van der Waals surface area contributed by atoms with Crippen molar-refractivity contribution in [1.29, 1.82) is 0 Å². The van der Waals surface area contributed by atoms with E-state index < -0.39 is 6.09 Å². The van der Waals surface area contributed by atoms with Gasteiger partial charge in [-0.3, -0.25) is 9.78 Å². The van der Waals surface area contributed by atoms with Gasteiger partial charge in [0.1, 0.15) is 6.33 Å². The van der Waals surface area contributed by atoms with Crippen LogP contribution in [0.5, 0.6) is 0 Å². The maximum Gasteiger partial charge on any atom is 0.407 e. The van der Waals surface area contributed by atoms with Gasteiger partial charge in [0.15, 0.2) is 0 Å². The smallest absolute Gasteiger partial charge is 0.407 e. The van der Waals surface area contributed by atoms with Gasteiger partial charge in [-0.1, -0.05) is 0 Å². The van der Waals surface area contributed by atoms with Crippen molar-refractivity contribution in [3.05, 3.63) is 52.9 Å². The van der Waals surface area contributed by atoms with Gasteiger partial charge in [0.05, 0.1) is 18.8 Å². The van der Waals surface area contributed by atoms with Gasteiger partial charge in [-0.15, -0.1) is 0 Å². The predicted octanol–water partition coefficient (Wildman–Crippen LogP) is 1.66. The fourth-order valence-corrected chi connectivity index (χ4v) is 2.21. The number of carbonyl (C=O) groups is 2. The number of aromatic nitrogens is 3. The van der Waals surface area contributed by atoms with Crippen LogP contribution in [0.25, 0.3) is 0 Å². The molecule has 8 heteroatoms. The summed E-state index contributed by atoms with van der Waals surface area (Å²) in [6.07, 6.45) is 2.51. The minimum Gasteiger partial charge on any atom is -0.450 e. The summed E-state index contributed by atoms with van der Waals surface area (Å²) in [7, 11) is 0. The molecule has 2 rings (SSSR count). The van der Waals surface area contributed by atoms with Crippen LogP contribution in [0.1, 0.15) is 39.9 Å². The summed E-state index contributed by atoms with van der Waals surface area (Å²) in [5.41, 5.74) is 3.59. The van der Waals surface area contributed by atoms with E-state index >= 15 is 0 Å². The summed E-state index contributed by atoms with van der Waals surface area (Å²) >= 11 is 0. The number of ether oxygens (including phenoxy) is 1. The number of carbonyl (C=O) groups excluding carboxylic acids is 2. The summed E-state index contributed by atoms with van der Waals surface area (Å²) < 4.78 is 4.78. The molecule has 0 aliphatic heterocycles. The zero-order chi connectivity index (χ0) is 18.2. The van der Waals surface area contributed by atoms with Crippen LogP contribution < -0.4 is 10.6 Å². The van der Waals surface area contributed by atoms with E-state index in [0.29, 0.717) is 24.4 Å². The molecule has 2 aromatic heterocycles. The number of alkyl carbamates (subject to hydrolysis) is 1. The highest BCUT2D eigenvalue weighted by Gasteiger charge is 2.10. The average Bonchev–Trinajstić information content (AvgIpc) is 2.60. The molecule has 0 aliphatic carbocycles. The summed E-state index contributed by atoms with van der Waals surface area (Å²) in [5.74, 6) is -0.234. The fourth-order valence-electron chi connectivity index (χ4n) is 2.21. The molecule has 0 saturated carbocycles. The quantitative estimate of drug-likeness (QED) is 0.826. The van der Waals surface area contributed by atoms with Gasteiger partial charge in [0.25, 0.3) is 5.91 Å². The largest absolute Gasteiger partial charge is 0.450 e. The summed E-state index contributed by atoms with van der Waals surface area (Å²) in [6, 6.07) is 3.24. The van der Waals surface area contributed by atoms with E-state index in [0.717, 1.165) is 17.0 Å². The lowest BCUT2D eigenvalue weighted by atomic mass is 10.1. The van der Waals surface area contributed by atoms with E-state index in [4.69, 9.17) is 4.74 Å². The number of aryl methyl sites for hydroxylation is 2. The van der Waals surface area contributed by atoms with Crippen LogP contribution in [-0.2, 0) is 17.8 Å². The molecule has 0 aliphatic rings. The van der Waals surface area contributed by atoms with Crippen LogP contribution in [0.2, 0.25) is 0 Å². The Bertz CT molecular complexity index is 743. The van der Waals surface area contributed by atoms with E-state index in [2.05, 4.69) is 25.6 Å². The Balaban J connectivity index is 1.98. The molecule has 0 bridgehead atoms. The zero-order valence-electron chi connectivity index (χ0n) is 14.5. The van der Waals surface area contributed by atoms with E-state index in [1.807, 2.05) is 13.8 Å². The highest BCUT2D eigenvalue weighted by Crippen LogP contribution is 2.08. The highest BCUT2D eigenvalue weighted by atomic mass is 16.5. The van der Waals surface area contributed by atoms with Crippen LogP contribution in [-0.4, -0.2) is 33.6 Å². The van der Waals surface area contributed by atoms with Crippen LogP contribution in [0, 0.1) is 13.8 Å². The van der Waals surface area contributed by atoms with Gasteiger partial charge in [-0.25, -0.2) is 14.8 Å². The first-order valence-corrected chi connectivity index (χ1v) is 7.92. The molecule has 132 valence electrons. The minimum atomic E-state index is -0.519. The Kier molecular flexibility index (Phi) is 6.39.